The van der Waals surface area contributed by atoms with Crippen LogP contribution in [0.3, 0.4) is 0 Å². The number of ether oxygens (including phenoxy) is 1. The second kappa shape index (κ2) is 9.53. The zero-order valence-corrected chi connectivity index (χ0v) is 19.6. The van der Waals surface area contributed by atoms with Crippen molar-refractivity contribution in [2.24, 2.45) is 0 Å². The lowest BCUT2D eigenvalue weighted by molar-refractivity contribution is 0.0487. The molecule has 0 spiro atoms. The highest BCUT2D eigenvalue weighted by Gasteiger charge is 2.25. The second-order valence-corrected chi connectivity index (χ2v) is 10.3. The van der Waals surface area contributed by atoms with Gasteiger partial charge in [0, 0.05) is 32.4 Å². The van der Waals surface area contributed by atoms with Gasteiger partial charge in [-0.05, 0) is 55.3 Å². The summed E-state index contributed by atoms with van der Waals surface area (Å²) >= 11 is 3.24. The van der Waals surface area contributed by atoms with Crippen molar-refractivity contribution in [1.82, 2.24) is 0 Å². The summed E-state index contributed by atoms with van der Waals surface area (Å²) in [5.74, 6) is 0.000409. The third-order valence-electron chi connectivity index (χ3n) is 5.17. The molecule has 0 saturated heterocycles. The number of carbonyl (C=O) groups excluding carboxylic acids is 2. The van der Waals surface area contributed by atoms with Crippen LogP contribution >= 0.6 is 23.5 Å². The Hall–Kier alpha value is -2.54. The van der Waals surface area contributed by atoms with Crippen LogP contribution in [0.25, 0.3) is 0 Å². The minimum Gasteiger partial charge on any atom is -0.461 e. The normalized spacial score (nSPS) is 12.6. The van der Waals surface area contributed by atoms with E-state index < -0.39 is 5.60 Å². The number of ketones is 1. The molecule has 0 bridgehead atoms. The van der Waals surface area contributed by atoms with Crippen molar-refractivity contribution >= 4 is 35.3 Å². The number of rotatable bonds is 7. The lowest BCUT2D eigenvalue weighted by Crippen LogP contribution is -2.30. The van der Waals surface area contributed by atoms with Gasteiger partial charge in [0.15, 0.2) is 5.78 Å². The molecule has 1 aliphatic heterocycles. The van der Waals surface area contributed by atoms with Gasteiger partial charge in [-0.1, -0.05) is 48.2 Å². The van der Waals surface area contributed by atoms with Gasteiger partial charge in [0.2, 0.25) is 0 Å². The summed E-state index contributed by atoms with van der Waals surface area (Å²) in [6.07, 6.45) is 0.730. The molecule has 3 aromatic rings. The lowest BCUT2D eigenvalue weighted by Gasteiger charge is -2.21. The molecule has 0 aromatic heterocycles. The molecule has 4 nitrogen and oxygen atoms in total. The van der Waals surface area contributed by atoms with Crippen LogP contribution in [0.1, 0.15) is 45.7 Å². The fourth-order valence-electron chi connectivity index (χ4n) is 3.52. The molecular formula is C26H24O4S2. The van der Waals surface area contributed by atoms with Crippen LogP contribution < -0.4 is 0 Å². The summed E-state index contributed by atoms with van der Waals surface area (Å²) in [5.41, 5.74) is 1.97. The van der Waals surface area contributed by atoms with Gasteiger partial charge >= 0.3 is 5.97 Å². The van der Waals surface area contributed by atoms with Gasteiger partial charge in [-0.25, -0.2) is 4.79 Å². The van der Waals surface area contributed by atoms with Gasteiger partial charge in [0.1, 0.15) is 12.2 Å². The van der Waals surface area contributed by atoms with E-state index in [-0.39, 0.29) is 11.8 Å². The van der Waals surface area contributed by atoms with Crippen molar-refractivity contribution in [1.29, 1.82) is 0 Å². The lowest BCUT2D eigenvalue weighted by atomic mass is 9.97. The van der Waals surface area contributed by atoms with Gasteiger partial charge in [-0.15, -0.1) is 11.8 Å². The standard InChI is InChI=1S/C26H24O4S2/c1-26(2,29)24(27)17-10-12-19(13-11-17)31-15-14-30-25(28)20-7-5-9-23-21(20)16-18-6-3-4-8-22(18)32-23/h3-13,29H,14-16H2,1-2H3. The first-order valence-electron chi connectivity index (χ1n) is 10.4. The molecule has 0 atom stereocenters. The monoisotopic (exact) mass is 464 g/mol. The predicted molar refractivity (Wildman–Crippen MR) is 128 cm³/mol. The van der Waals surface area contributed by atoms with Crippen molar-refractivity contribution < 1.29 is 19.4 Å². The predicted octanol–water partition coefficient (Wildman–Crippen LogP) is 5.64. The number of benzene rings is 3. The molecule has 3 aromatic carbocycles. The van der Waals surface area contributed by atoms with E-state index in [2.05, 4.69) is 18.2 Å². The summed E-state index contributed by atoms with van der Waals surface area (Å²) in [7, 11) is 0. The van der Waals surface area contributed by atoms with E-state index in [0.29, 0.717) is 23.5 Å². The molecule has 0 saturated carbocycles. The van der Waals surface area contributed by atoms with E-state index in [1.807, 2.05) is 36.4 Å². The zero-order valence-electron chi connectivity index (χ0n) is 18.0. The highest BCUT2D eigenvalue weighted by Crippen LogP contribution is 2.40. The Morgan fingerprint density at radius 1 is 1.00 bits per heavy atom. The largest absolute Gasteiger partial charge is 0.461 e. The van der Waals surface area contributed by atoms with Gasteiger partial charge < -0.3 is 9.84 Å². The maximum Gasteiger partial charge on any atom is 0.338 e. The van der Waals surface area contributed by atoms with Crippen LogP contribution in [0, 0.1) is 0 Å². The fourth-order valence-corrected chi connectivity index (χ4v) is 5.36. The Morgan fingerprint density at radius 3 is 2.47 bits per heavy atom. The van der Waals surface area contributed by atoms with Crippen LogP contribution in [0.15, 0.2) is 81.4 Å². The van der Waals surface area contributed by atoms with E-state index in [9.17, 15) is 14.7 Å². The third kappa shape index (κ3) is 5.09. The average molecular weight is 465 g/mol. The van der Waals surface area contributed by atoms with Gasteiger partial charge in [-0.2, -0.15) is 0 Å². The molecule has 4 rings (SSSR count). The number of hydrogen-bond acceptors (Lipinski definition) is 6. The molecule has 0 unspecified atom stereocenters. The van der Waals surface area contributed by atoms with Crippen molar-refractivity contribution in [3.05, 3.63) is 89.0 Å². The number of thioether (sulfide) groups is 1. The number of aliphatic hydroxyl groups is 1. The van der Waals surface area contributed by atoms with E-state index in [4.69, 9.17) is 4.74 Å². The van der Waals surface area contributed by atoms with E-state index in [1.54, 1.807) is 35.7 Å². The molecule has 0 radical (unpaired) electrons. The highest BCUT2D eigenvalue weighted by molar-refractivity contribution is 7.99. The summed E-state index contributed by atoms with van der Waals surface area (Å²) in [5, 5.41) is 9.85. The molecule has 6 heteroatoms. The molecule has 164 valence electrons. The molecule has 1 heterocycles. The number of hydrogen-bond donors (Lipinski definition) is 1. The van der Waals surface area contributed by atoms with Crippen LogP contribution in [0.5, 0.6) is 0 Å². The van der Waals surface area contributed by atoms with Crippen LogP contribution in [-0.4, -0.2) is 34.8 Å². The fraction of sp³-hybridized carbons (Fsp3) is 0.231. The van der Waals surface area contributed by atoms with E-state index >= 15 is 0 Å². The first kappa shape index (κ1) is 22.6. The van der Waals surface area contributed by atoms with E-state index in [0.717, 1.165) is 21.8 Å². The molecule has 0 amide bonds. The summed E-state index contributed by atoms with van der Waals surface area (Å²) in [4.78, 5) is 28.2. The Balaban J connectivity index is 1.32. The van der Waals surface area contributed by atoms with Gasteiger partial charge in [-0.3, -0.25) is 4.79 Å². The van der Waals surface area contributed by atoms with Crippen LogP contribution in [0.4, 0.5) is 0 Å². The molecule has 0 aliphatic carbocycles. The minimum absolute atomic E-state index is 0.293. The number of Topliss-reactive ketones (excluding diaryl/α,β-unsaturated/α-hetero) is 1. The average Bonchev–Trinajstić information content (AvgIpc) is 2.79. The third-order valence-corrected chi connectivity index (χ3v) is 7.37. The quantitative estimate of drug-likeness (QED) is 0.165. The Bertz CT molecular complexity index is 1150. The second-order valence-electron chi connectivity index (χ2n) is 8.07. The summed E-state index contributed by atoms with van der Waals surface area (Å²) < 4.78 is 5.55. The molecular weight excluding hydrogens is 440 g/mol. The highest BCUT2D eigenvalue weighted by atomic mass is 32.2. The summed E-state index contributed by atoms with van der Waals surface area (Å²) in [6, 6.07) is 21.2. The molecule has 0 fully saturated rings. The number of esters is 1. The zero-order chi connectivity index (χ0) is 22.7. The van der Waals surface area contributed by atoms with Crippen molar-refractivity contribution in [2.75, 3.05) is 12.4 Å². The first-order chi connectivity index (χ1) is 15.3. The topological polar surface area (TPSA) is 63.6 Å². The SMILES string of the molecule is CC(C)(O)C(=O)c1ccc(SCCOC(=O)c2cccc3c2Cc2ccccc2S3)cc1. The van der Waals surface area contributed by atoms with Crippen molar-refractivity contribution in [3.8, 4) is 0 Å². The van der Waals surface area contributed by atoms with Crippen molar-refractivity contribution in [2.45, 2.75) is 40.6 Å². The van der Waals surface area contributed by atoms with Crippen molar-refractivity contribution in [3.63, 3.8) is 0 Å². The van der Waals surface area contributed by atoms with Gasteiger partial charge in [0.25, 0.3) is 0 Å². The Kier molecular flexibility index (Phi) is 6.74. The maximum absolute atomic E-state index is 12.8. The number of fused-ring (bicyclic) bond motifs is 2. The molecule has 32 heavy (non-hydrogen) atoms. The van der Waals surface area contributed by atoms with Crippen LogP contribution in [-0.2, 0) is 11.2 Å². The molecule has 1 N–H and O–H groups in total. The maximum atomic E-state index is 12.8. The minimum atomic E-state index is -1.39. The number of carbonyl (C=O) groups is 2. The Morgan fingerprint density at radius 2 is 1.72 bits per heavy atom. The summed E-state index contributed by atoms with van der Waals surface area (Å²) in [6.45, 7) is 3.25. The van der Waals surface area contributed by atoms with Crippen LogP contribution in [0.2, 0.25) is 0 Å². The van der Waals surface area contributed by atoms with Gasteiger partial charge in [0.05, 0.1) is 5.56 Å². The smallest absolute Gasteiger partial charge is 0.338 e. The first-order valence-corrected chi connectivity index (χ1v) is 12.2. The van der Waals surface area contributed by atoms with E-state index in [1.165, 1.54) is 24.3 Å². The Labute approximate surface area is 196 Å². The molecule has 1 aliphatic rings.